The fourth-order valence-corrected chi connectivity index (χ4v) is 2.55. The summed E-state index contributed by atoms with van der Waals surface area (Å²) in [7, 11) is 0. The number of hydrogen-bond donors (Lipinski definition) is 1. The summed E-state index contributed by atoms with van der Waals surface area (Å²) in [5.41, 5.74) is 0. The largest absolute Gasteiger partial charge is 0.456 e. The molecule has 0 radical (unpaired) electrons. The number of carbonyl (C=O) groups is 2. The first-order valence-electron chi connectivity index (χ1n) is 7.01. The van der Waals surface area contributed by atoms with E-state index in [1.165, 1.54) is 0 Å². The van der Waals surface area contributed by atoms with Gasteiger partial charge in [-0.25, -0.2) is 4.79 Å². The Morgan fingerprint density at radius 2 is 2.10 bits per heavy atom. The van der Waals surface area contributed by atoms with E-state index in [4.69, 9.17) is 0 Å². The fraction of sp³-hybridized carbons (Fsp3) is 0.846. The lowest BCUT2D eigenvalue weighted by molar-refractivity contribution is -0.159. The Morgan fingerprint density at radius 3 is 2.65 bits per heavy atom. The van der Waals surface area contributed by atoms with E-state index < -0.39 is 30.5 Å². The van der Waals surface area contributed by atoms with Gasteiger partial charge in [0.25, 0.3) is 0 Å². The van der Waals surface area contributed by atoms with E-state index in [1.807, 2.05) is 0 Å². The third-order valence-corrected chi connectivity index (χ3v) is 3.75. The maximum absolute atomic E-state index is 13.0. The van der Waals surface area contributed by atoms with Crippen LogP contribution in [0.5, 0.6) is 0 Å². The van der Waals surface area contributed by atoms with Crippen LogP contribution in [-0.2, 0) is 14.3 Å². The van der Waals surface area contributed by atoms with Crippen LogP contribution in [0.15, 0.2) is 0 Å². The fourth-order valence-electron chi connectivity index (χ4n) is 2.55. The number of nitrogens with one attached hydrogen (secondary N) is 1. The summed E-state index contributed by atoms with van der Waals surface area (Å²) in [5, 5.41) is 2.88. The van der Waals surface area contributed by atoms with Crippen LogP contribution < -0.4 is 5.32 Å². The Kier molecular flexibility index (Phi) is 4.57. The van der Waals surface area contributed by atoms with E-state index in [0.717, 1.165) is 32.4 Å². The average molecular weight is 290 g/mol. The number of likely N-dealkylation sites (tertiary alicyclic amines) is 1. The number of rotatable bonds is 4. The second kappa shape index (κ2) is 6.03. The summed E-state index contributed by atoms with van der Waals surface area (Å²) in [5.74, 6) is -4.90. The Balaban J connectivity index is 1.76. The lowest BCUT2D eigenvalue weighted by Gasteiger charge is -2.29. The van der Waals surface area contributed by atoms with Crippen LogP contribution >= 0.6 is 0 Å². The molecule has 0 saturated carbocycles. The Hall–Kier alpha value is -1.24. The van der Waals surface area contributed by atoms with Gasteiger partial charge in [0.2, 0.25) is 5.91 Å². The van der Waals surface area contributed by atoms with E-state index in [2.05, 4.69) is 10.1 Å². The lowest BCUT2D eigenvalue weighted by Crippen LogP contribution is -2.48. The molecule has 2 heterocycles. The Labute approximate surface area is 116 Å². The van der Waals surface area contributed by atoms with Crippen molar-refractivity contribution in [2.75, 3.05) is 19.6 Å². The van der Waals surface area contributed by atoms with Crippen molar-refractivity contribution in [2.45, 2.75) is 50.7 Å². The van der Waals surface area contributed by atoms with Crippen LogP contribution in [0.1, 0.15) is 32.6 Å². The van der Waals surface area contributed by atoms with Crippen molar-refractivity contribution < 1.29 is 23.1 Å². The number of cyclic esters (lactones) is 1. The maximum Gasteiger partial charge on any atom is 0.377 e. The zero-order valence-electron chi connectivity index (χ0n) is 11.5. The minimum absolute atomic E-state index is 0.0271. The van der Waals surface area contributed by atoms with Crippen molar-refractivity contribution in [3.8, 4) is 0 Å². The van der Waals surface area contributed by atoms with E-state index in [9.17, 15) is 18.4 Å². The van der Waals surface area contributed by atoms with Crippen molar-refractivity contribution in [3.05, 3.63) is 0 Å². The van der Waals surface area contributed by atoms with Crippen molar-refractivity contribution in [3.63, 3.8) is 0 Å². The molecule has 1 N–H and O–H groups in total. The van der Waals surface area contributed by atoms with Gasteiger partial charge in [-0.05, 0) is 26.2 Å². The number of halogens is 2. The highest BCUT2D eigenvalue weighted by atomic mass is 19.3. The third-order valence-electron chi connectivity index (χ3n) is 3.75. The number of ether oxygens (including phenoxy) is 1. The molecule has 2 unspecified atom stereocenters. The number of alkyl halides is 2. The predicted molar refractivity (Wildman–Crippen MR) is 67.3 cm³/mol. The molecule has 0 aromatic rings. The molecule has 0 spiro atoms. The van der Waals surface area contributed by atoms with Crippen LogP contribution in [-0.4, -0.2) is 54.5 Å². The van der Waals surface area contributed by atoms with Crippen molar-refractivity contribution in [2.24, 2.45) is 0 Å². The van der Waals surface area contributed by atoms with Crippen LogP contribution in [0.2, 0.25) is 0 Å². The zero-order valence-corrected chi connectivity index (χ0v) is 11.5. The third kappa shape index (κ3) is 3.45. The Bertz CT molecular complexity index is 384. The monoisotopic (exact) mass is 290 g/mol. The maximum atomic E-state index is 13.0. The Morgan fingerprint density at radius 1 is 1.45 bits per heavy atom. The standard InChI is InChI=1S/C13H20F2N2O3/c1-9(11(18)17-5-3-2-4-6-17)16-8-10-7-13(14,15)12(19)20-10/h9-10,16H,2-8H2,1H3. The number of hydrogen-bond acceptors (Lipinski definition) is 4. The van der Waals surface area contributed by atoms with Crippen LogP contribution in [0.4, 0.5) is 8.78 Å². The quantitative estimate of drug-likeness (QED) is 0.783. The molecule has 5 nitrogen and oxygen atoms in total. The highest BCUT2D eigenvalue weighted by Crippen LogP contribution is 2.30. The first-order valence-corrected chi connectivity index (χ1v) is 7.01. The minimum Gasteiger partial charge on any atom is -0.456 e. The highest BCUT2D eigenvalue weighted by Gasteiger charge is 2.50. The number of esters is 1. The number of piperidine rings is 1. The van der Waals surface area contributed by atoms with E-state index in [0.29, 0.717) is 0 Å². The molecule has 0 aromatic heterocycles. The molecule has 2 aliphatic heterocycles. The predicted octanol–water partition coefficient (Wildman–Crippen LogP) is 0.928. The van der Waals surface area contributed by atoms with Gasteiger partial charge in [0.05, 0.1) is 12.5 Å². The van der Waals surface area contributed by atoms with Gasteiger partial charge < -0.3 is 15.0 Å². The average Bonchev–Trinajstić information content (AvgIpc) is 2.69. The minimum atomic E-state index is -3.40. The molecule has 2 aliphatic rings. The van der Waals surface area contributed by atoms with Gasteiger partial charge in [0, 0.05) is 19.6 Å². The number of nitrogens with zero attached hydrogens (tertiary/aromatic N) is 1. The van der Waals surface area contributed by atoms with E-state index >= 15 is 0 Å². The molecule has 2 saturated heterocycles. The molecular formula is C13H20F2N2O3. The van der Waals surface area contributed by atoms with Crippen LogP contribution in [0.3, 0.4) is 0 Å². The second-order valence-corrected chi connectivity index (χ2v) is 5.45. The van der Waals surface area contributed by atoms with Gasteiger partial charge in [-0.1, -0.05) is 0 Å². The summed E-state index contributed by atoms with van der Waals surface area (Å²) in [6.07, 6.45) is 1.66. The molecule has 1 amide bonds. The van der Waals surface area contributed by atoms with Gasteiger partial charge in [-0.2, -0.15) is 8.78 Å². The van der Waals surface area contributed by atoms with Gasteiger partial charge in [0.1, 0.15) is 6.10 Å². The molecule has 0 bridgehead atoms. The van der Waals surface area contributed by atoms with Gasteiger partial charge in [-0.15, -0.1) is 0 Å². The smallest absolute Gasteiger partial charge is 0.377 e. The first-order chi connectivity index (χ1) is 9.40. The molecule has 7 heteroatoms. The molecule has 20 heavy (non-hydrogen) atoms. The van der Waals surface area contributed by atoms with Crippen molar-refractivity contribution in [1.82, 2.24) is 10.2 Å². The molecule has 0 aromatic carbocycles. The van der Waals surface area contributed by atoms with Gasteiger partial charge >= 0.3 is 11.9 Å². The van der Waals surface area contributed by atoms with Crippen molar-refractivity contribution >= 4 is 11.9 Å². The molecule has 2 rings (SSSR count). The summed E-state index contributed by atoms with van der Waals surface area (Å²) >= 11 is 0. The molecule has 0 aliphatic carbocycles. The molecular weight excluding hydrogens is 270 g/mol. The summed E-state index contributed by atoms with van der Waals surface area (Å²) in [6.45, 7) is 3.27. The zero-order chi connectivity index (χ0) is 14.8. The van der Waals surface area contributed by atoms with E-state index in [1.54, 1.807) is 11.8 Å². The summed E-state index contributed by atoms with van der Waals surface area (Å²) in [4.78, 5) is 24.7. The number of amides is 1. The van der Waals surface area contributed by atoms with Crippen LogP contribution in [0.25, 0.3) is 0 Å². The topological polar surface area (TPSA) is 58.6 Å². The molecule has 2 atom stereocenters. The van der Waals surface area contributed by atoms with Gasteiger partial charge in [0.15, 0.2) is 0 Å². The molecule has 114 valence electrons. The van der Waals surface area contributed by atoms with Gasteiger partial charge in [-0.3, -0.25) is 4.79 Å². The summed E-state index contributed by atoms with van der Waals surface area (Å²) < 4.78 is 30.5. The van der Waals surface area contributed by atoms with Crippen molar-refractivity contribution in [1.29, 1.82) is 0 Å². The molecule has 2 fully saturated rings. The van der Waals surface area contributed by atoms with Crippen LogP contribution in [0, 0.1) is 0 Å². The number of carbonyl (C=O) groups excluding carboxylic acids is 2. The summed E-state index contributed by atoms with van der Waals surface area (Å²) in [6, 6.07) is -0.457. The highest BCUT2D eigenvalue weighted by molar-refractivity contribution is 5.81. The normalized spacial score (nSPS) is 27.2. The van der Waals surface area contributed by atoms with E-state index in [-0.39, 0.29) is 12.5 Å². The first kappa shape index (κ1) is 15.2. The lowest BCUT2D eigenvalue weighted by atomic mass is 10.1. The SMILES string of the molecule is CC(NCC1CC(F)(F)C(=O)O1)C(=O)N1CCCCC1. The second-order valence-electron chi connectivity index (χ2n) is 5.45.